The summed E-state index contributed by atoms with van der Waals surface area (Å²) in [6.07, 6.45) is -4.62. The van der Waals surface area contributed by atoms with Crippen molar-refractivity contribution >= 4 is 5.97 Å². The molecular weight excluding hydrogens is 247 g/mol. The molecule has 0 aromatic heterocycles. The van der Waals surface area contributed by atoms with Crippen molar-refractivity contribution in [2.75, 3.05) is 13.7 Å². The van der Waals surface area contributed by atoms with Crippen LogP contribution in [0.4, 0.5) is 13.2 Å². The summed E-state index contributed by atoms with van der Waals surface area (Å²) in [6, 6.07) is 5.11. The highest BCUT2D eigenvalue weighted by Gasteiger charge is 2.35. The van der Waals surface area contributed by atoms with Crippen molar-refractivity contribution in [3.63, 3.8) is 0 Å². The van der Waals surface area contributed by atoms with E-state index < -0.39 is 23.6 Å². The molecule has 0 saturated heterocycles. The van der Waals surface area contributed by atoms with Crippen LogP contribution in [0.3, 0.4) is 0 Å². The standard InChI is InChI=1S/C12H14F3NO2/c1-18-11(17)6-8(7-16)9-4-2-3-5-10(9)12(13,14)15/h2-5,8H,6-7,16H2,1H3. The summed E-state index contributed by atoms with van der Waals surface area (Å²) < 4.78 is 42.9. The highest BCUT2D eigenvalue weighted by atomic mass is 19.4. The van der Waals surface area contributed by atoms with E-state index in [1.165, 1.54) is 25.3 Å². The van der Waals surface area contributed by atoms with Crippen LogP contribution in [0.5, 0.6) is 0 Å². The van der Waals surface area contributed by atoms with Crippen molar-refractivity contribution in [3.05, 3.63) is 35.4 Å². The fourth-order valence-corrected chi connectivity index (χ4v) is 1.72. The number of carbonyl (C=O) groups excluding carboxylic acids is 1. The second-order valence-electron chi connectivity index (χ2n) is 3.80. The number of rotatable bonds is 4. The van der Waals surface area contributed by atoms with Crippen LogP contribution in [0.2, 0.25) is 0 Å². The molecule has 0 aliphatic heterocycles. The summed E-state index contributed by atoms with van der Waals surface area (Å²) in [5, 5.41) is 0. The van der Waals surface area contributed by atoms with Crippen LogP contribution in [0.1, 0.15) is 23.5 Å². The summed E-state index contributed by atoms with van der Waals surface area (Å²) in [6.45, 7) is -0.0534. The van der Waals surface area contributed by atoms with Crippen LogP contribution in [-0.2, 0) is 15.7 Å². The van der Waals surface area contributed by atoms with E-state index in [0.717, 1.165) is 6.07 Å². The van der Waals surface area contributed by atoms with Gasteiger partial charge in [0, 0.05) is 5.92 Å². The average Bonchev–Trinajstić information content (AvgIpc) is 2.34. The number of esters is 1. The van der Waals surface area contributed by atoms with Gasteiger partial charge >= 0.3 is 12.1 Å². The molecule has 0 bridgehead atoms. The molecule has 1 rings (SSSR count). The lowest BCUT2D eigenvalue weighted by Crippen LogP contribution is -2.21. The molecule has 0 amide bonds. The molecule has 0 fully saturated rings. The summed E-state index contributed by atoms with van der Waals surface area (Å²) in [5.41, 5.74) is 4.71. The molecule has 0 radical (unpaired) electrons. The lowest BCUT2D eigenvalue weighted by molar-refractivity contribution is -0.142. The monoisotopic (exact) mass is 261 g/mol. The van der Waals surface area contributed by atoms with Gasteiger partial charge in [-0.05, 0) is 18.2 Å². The number of ether oxygens (including phenoxy) is 1. The van der Waals surface area contributed by atoms with Gasteiger partial charge in [-0.2, -0.15) is 13.2 Å². The Morgan fingerprint density at radius 1 is 1.39 bits per heavy atom. The maximum absolute atomic E-state index is 12.8. The molecule has 0 aliphatic rings. The molecule has 0 saturated carbocycles. The predicted octanol–water partition coefficient (Wildman–Crippen LogP) is 2.31. The topological polar surface area (TPSA) is 52.3 Å². The Morgan fingerprint density at radius 3 is 2.50 bits per heavy atom. The molecule has 2 N–H and O–H groups in total. The lowest BCUT2D eigenvalue weighted by atomic mass is 9.91. The van der Waals surface area contributed by atoms with E-state index in [0.29, 0.717) is 0 Å². The van der Waals surface area contributed by atoms with Gasteiger partial charge in [-0.3, -0.25) is 4.79 Å². The molecule has 3 nitrogen and oxygen atoms in total. The Bertz CT molecular complexity index is 418. The van der Waals surface area contributed by atoms with Gasteiger partial charge in [0.15, 0.2) is 0 Å². The van der Waals surface area contributed by atoms with E-state index in [1.54, 1.807) is 0 Å². The number of benzene rings is 1. The van der Waals surface area contributed by atoms with Crippen molar-refractivity contribution in [2.45, 2.75) is 18.5 Å². The molecule has 18 heavy (non-hydrogen) atoms. The molecule has 1 unspecified atom stereocenters. The minimum absolute atomic E-state index is 0.0258. The van der Waals surface area contributed by atoms with Crippen LogP contribution in [0, 0.1) is 0 Å². The smallest absolute Gasteiger partial charge is 0.416 e. The minimum atomic E-state index is -4.46. The minimum Gasteiger partial charge on any atom is -0.469 e. The molecule has 1 aromatic carbocycles. The van der Waals surface area contributed by atoms with E-state index >= 15 is 0 Å². The van der Waals surface area contributed by atoms with E-state index in [4.69, 9.17) is 5.73 Å². The Hall–Kier alpha value is -1.56. The number of halogens is 3. The SMILES string of the molecule is COC(=O)CC(CN)c1ccccc1C(F)(F)F. The second kappa shape index (κ2) is 5.86. The molecule has 100 valence electrons. The Morgan fingerprint density at radius 2 is 2.00 bits per heavy atom. The van der Waals surface area contributed by atoms with Crippen molar-refractivity contribution in [1.82, 2.24) is 0 Å². The first-order chi connectivity index (χ1) is 8.40. The van der Waals surface area contributed by atoms with Gasteiger partial charge in [0.2, 0.25) is 0 Å². The number of nitrogens with two attached hydrogens (primary N) is 1. The summed E-state index contributed by atoms with van der Waals surface area (Å²) >= 11 is 0. The van der Waals surface area contributed by atoms with E-state index in [2.05, 4.69) is 4.74 Å². The summed E-state index contributed by atoms with van der Waals surface area (Å²) in [5.74, 6) is -1.28. The third-order valence-electron chi connectivity index (χ3n) is 2.63. The van der Waals surface area contributed by atoms with Crippen LogP contribution in [0.25, 0.3) is 0 Å². The Balaban J connectivity index is 3.10. The second-order valence-corrected chi connectivity index (χ2v) is 3.80. The zero-order valence-electron chi connectivity index (χ0n) is 9.83. The average molecular weight is 261 g/mol. The first-order valence-electron chi connectivity index (χ1n) is 5.33. The third kappa shape index (κ3) is 3.46. The molecule has 0 aliphatic carbocycles. The predicted molar refractivity (Wildman–Crippen MR) is 59.9 cm³/mol. The fraction of sp³-hybridized carbons (Fsp3) is 0.417. The normalized spacial score (nSPS) is 13.2. The number of methoxy groups -OCH3 is 1. The molecular formula is C12H14F3NO2. The van der Waals surface area contributed by atoms with Crippen LogP contribution >= 0.6 is 0 Å². The van der Waals surface area contributed by atoms with Crippen LogP contribution < -0.4 is 5.73 Å². The van der Waals surface area contributed by atoms with E-state index in [9.17, 15) is 18.0 Å². The van der Waals surface area contributed by atoms with Gasteiger partial charge in [-0.1, -0.05) is 18.2 Å². The Labute approximate surface area is 103 Å². The maximum atomic E-state index is 12.8. The maximum Gasteiger partial charge on any atom is 0.416 e. The number of alkyl halides is 3. The molecule has 0 heterocycles. The number of hydrogen-bond acceptors (Lipinski definition) is 3. The molecule has 6 heteroatoms. The van der Waals surface area contributed by atoms with E-state index in [1.807, 2.05) is 0 Å². The molecule has 0 spiro atoms. The van der Waals surface area contributed by atoms with Crippen molar-refractivity contribution in [2.24, 2.45) is 5.73 Å². The number of carbonyl (C=O) groups is 1. The zero-order chi connectivity index (χ0) is 13.8. The van der Waals surface area contributed by atoms with Crippen molar-refractivity contribution in [1.29, 1.82) is 0 Å². The Kier molecular flexibility index (Phi) is 4.72. The highest BCUT2D eigenvalue weighted by molar-refractivity contribution is 5.70. The third-order valence-corrected chi connectivity index (χ3v) is 2.63. The fourth-order valence-electron chi connectivity index (χ4n) is 1.72. The van der Waals surface area contributed by atoms with Gasteiger partial charge in [0.05, 0.1) is 19.1 Å². The highest BCUT2D eigenvalue weighted by Crippen LogP contribution is 2.35. The molecule has 1 atom stereocenters. The lowest BCUT2D eigenvalue weighted by Gasteiger charge is -2.19. The number of hydrogen-bond donors (Lipinski definition) is 1. The first kappa shape index (κ1) is 14.5. The quantitative estimate of drug-likeness (QED) is 0.846. The summed E-state index contributed by atoms with van der Waals surface area (Å²) in [7, 11) is 1.19. The van der Waals surface area contributed by atoms with Crippen molar-refractivity contribution in [3.8, 4) is 0 Å². The first-order valence-corrected chi connectivity index (χ1v) is 5.33. The van der Waals surface area contributed by atoms with Crippen LogP contribution in [0.15, 0.2) is 24.3 Å². The summed E-state index contributed by atoms with van der Waals surface area (Å²) in [4.78, 5) is 11.2. The van der Waals surface area contributed by atoms with Gasteiger partial charge < -0.3 is 10.5 Å². The van der Waals surface area contributed by atoms with Crippen LogP contribution in [-0.4, -0.2) is 19.6 Å². The van der Waals surface area contributed by atoms with Gasteiger partial charge in [0.25, 0.3) is 0 Å². The van der Waals surface area contributed by atoms with E-state index in [-0.39, 0.29) is 18.5 Å². The van der Waals surface area contributed by atoms with Crippen molar-refractivity contribution < 1.29 is 22.7 Å². The van der Waals surface area contributed by atoms with Gasteiger partial charge in [0.1, 0.15) is 0 Å². The zero-order valence-corrected chi connectivity index (χ0v) is 9.83. The van der Waals surface area contributed by atoms with Gasteiger partial charge in [-0.25, -0.2) is 0 Å². The van der Waals surface area contributed by atoms with Gasteiger partial charge in [-0.15, -0.1) is 0 Å². The molecule has 1 aromatic rings. The largest absolute Gasteiger partial charge is 0.469 e.